The van der Waals surface area contributed by atoms with Crippen molar-refractivity contribution in [1.29, 1.82) is 5.41 Å². The monoisotopic (exact) mass is 342 g/mol. The molecule has 0 fully saturated rings. The van der Waals surface area contributed by atoms with E-state index < -0.39 is 0 Å². The molecule has 1 unspecified atom stereocenters. The average Bonchev–Trinajstić information content (AvgIpc) is 2.67. The maximum atomic E-state index is 12.7. The fraction of sp³-hybridized carbons (Fsp3) is 0.0909. The van der Waals surface area contributed by atoms with Gasteiger partial charge in [0.15, 0.2) is 0 Å². The van der Waals surface area contributed by atoms with Gasteiger partial charge in [0.1, 0.15) is 11.1 Å². The van der Waals surface area contributed by atoms with E-state index in [2.05, 4.69) is 5.32 Å². The van der Waals surface area contributed by atoms with Crippen LogP contribution in [0.4, 0.5) is 0 Å². The number of carbonyl (C=O) groups excluding carboxylic acids is 1. The zero-order valence-electron chi connectivity index (χ0n) is 14.3. The minimum Gasteiger partial charge on any atom is -0.438 e. The van der Waals surface area contributed by atoms with Gasteiger partial charge in [-0.25, -0.2) is 0 Å². The van der Waals surface area contributed by atoms with E-state index in [0.29, 0.717) is 5.58 Å². The third-order valence-electron chi connectivity index (χ3n) is 4.57. The summed E-state index contributed by atoms with van der Waals surface area (Å²) in [6.07, 6.45) is 0. The van der Waals surface area contributed by atoms with Crippen LogP contribution in [0.5, 0.6) is 0 Å². The first-order valence-electron chi connectivity index (χ1n) is 8.49. The molecule has 0 radical (unpaired) electrons. The number of amides is 1. The summed E-state index contributed by atoms with van der Waals surface area (Å²) in [5.74, 6) is -0.315. The lowest BCUT2D eigenvalue weighted by Crippen LogP contribution is -2.30. The van der Waals surface area contributed by atoms with E-state index in [4.69, 9.17) is 9.83 Å². The van der Waals surface area contributed by atoms with Crippen molar-refractivity contribution in [2.75, 3.05) is 0 Å². The molecule has 3 aromatic carbocycles. The second-order valence-corrected chi connectivity index (χ2v) is 6.29. The highest BCUT2D eigenvalue weighted by molar-refractivity contribution is 6.07. The normalized spacial score (nSPS) is 12.2. The minimum absolute atomic E-state index is 0.134. The van der Waals surface area contributed by atoms with Gasteiger partial charge in [0.2, 0.25) is 5.55 Å². The summed E-state index contributed by atoms with van der Waals surface area (Å²) < 4.78 is 5.62. The smallest absolute Gasteiger partial charge is 0.257 e. The molecule has 0 saturated carbocycles. The van der Waals surface area contributed by atoms with Crippen molar-refractivity contribution in [3.8, 4) is 0 Å². The molecule has 0 bridgehead atoms. The molecule has 1 amide bonds. The quantitative estimate of drug-likeness (QED) is 0.536. The minimum atomic E-state index is -0.315. The average molecular weight is 342 g/mol. The summed E-state index contributed by atoms with van der Waals surface area (Å²) in [5, 5.41) is 14.0. The summed E-state index contributed by atoms with van der Waals surface area (Å²) in [7, 11) is 0. The van der Waals surface area contributed by atoms with E-state index >= 15 is 0 Å². The zero-order valence-corrected chi connectivity index (χ0v) is 14.3. The topological polar surface area (TPSA) is 66.1 Å². The number of benzene rings is 3. The Labute approximate surface area is 150 Å². The van der Waals surface area contributed by atoms with Gasteiger partial charge in [-0.3, -0.25) is 10.2 Å². The Kier molecular flexibility index (Phi) is 4.01. The molecular weight excluding hydrogens is 324 g/mol. The van der Waals surface area contributed by atoms with Crippen LogP contribution in [-0.4, -0.2) is 5.91 Å². The van der Waals surface area contributed by atoms with Crippen molar-refractivity contribution in [2.24, 2.45) is 0 Å². The van der Waals surface area contributed by atoms with Crippen LogP contribution < -0.4 is 10.9 Å². The third kappa shape index (κ3) is 2.86. The van der Waals surface area contributed by atoms with Gasteiger partial charge >= 0.3 is 0 Å². The van der Waals surface area contributed by atoms with E-state index in [-0.39, 0.29) is 23.1 Å². The van der Waals surface area contributed by atoms with E-state index in [9.17, 15) is 4.79 Å². The molecule has 4 heteroatoms. The molecule has 0 aliphatic carbocycles. The predicted octanol–water partition coefficient (Wildman–Crippen LogP) is 4.56. The molecule has 4 aromatic rings. The van der Waals surface area contributed by atoms with Crippen molar-refractivity contribution in [1.82, 2.24) is 5.32 Å². The molecular formula is C22H18N2O2. The van der Waals surface area contributed by atoms with Crippen LogP contribution in [0.25, 0.3) is 21.7 Å². The van der Waals surface area contributed by atoms with E-state index in [1.54, 1.807) is 6.07 Å². The van der Waals surface area contributed by atoms with Gasteiger partial charge in [0, 0.05) is 5.39 Å². The molecule has 0 spiro atoms. The van der Waals surface area contributed by atoms with Crippen molar-refractivity contribution in [2.45, 2.75) is 13.0 Å². The summed E-state index contributed by atoms with van der Waals surface area (Å²) in [5.41, 5.74) is 1.71. The van der Waals surface area contributed by atoms with Crippen LogP contribution in [0.1, 0.15) is 28.9 Å². The molecule has 26 heavy (non-hydrogen) atoms. The number of fused-ring (bicyclic) bond motifs is 3. The van der Waals surface area contributed by atoms with Gasteiger partial charge in [-0.15, -0.1) is 0 Å². The van der Waals surface area contributed by atoms with Crippen molar-refractivity contribution in [3.05, 3.63) is 89.5 Å². The number of rotatable bonds is 3. The Bertz CT molecular complexity index is 1160. The molecule has 4 nitrogen and oxygen atoms in total. The summed E-state index contributed by atoms with van der Waals surface area (Å²) in [4.78, 5) is 12.7. The molecule has 4 rings (SSSR count). The Morgan fingerprint density at radius 2 is 1.69 bits per heavy atom. The van der Waals surface area contributed by atoms with Gasteiger partial charge in [-0.05, 0) is 35.4 Å². The molecule has 1 aromatic heterocycles. The molecule has 1 heterocycles. The summed E-state index contributed by atoms with van der Waals surface area (Å²) in [6, 6.07) is 23.0. The van der Waals surface area contributed by atoms with Gasteiger partial charge in [0.25, 0.3) is 5.91 Å². The SMILES string of the molecule is CC(NC(=O)c1cc2c(ccc3ccccc32)oc1=N)c1ccccc1. The molecule has 1 atom stereocenters. The van der Waals surface area contributed by atoms with Gasteiger partial charge in [-0.1, -0.05) is 60.7 Å². The largest absolute Gasteiger partial charge is 0.438 e. The maximum absolute atomic E-state index is 12.7. The second kappa shape index (κ2) is 6.48. The first-order chi connectivity index (χ1) is 12.6. The molecule has 0 saturated heterocycles. The first-order valence-corrected chi connectivity index (χ1v) is 8.49. The van der Waals surface area contributed by atoms with Crippen LogP contribution in [0.15, 0.2) is 77.2 Å². The van der Waals surface area contributed by atoms with E-state index in [0.717, 1.165) is 21.7 Å². The second-order valence-electron chi connectivity index (χ2n) is 6.29. The predicted molar refractivity (Wildman–Crippen MR) is 102 cm³/mol. The molecule has 128 valence electrons. The lowest BCUT2D eigenvalue weighted by Gasteiger charge is -2.14. The summed E-state index contributed by atoms with van der Waals surface area (Å²) >= 11 is 0. The van der Waals surface area contributed by atoms with E-state index in [1.165, 1.54) is 0 Å². The number of hydrogen-bond donors (Lipinski definition) is 2. The number of nitrogens with one attached hydrogen (secondary N) is 2. The van der Waals surface area contributed by atoms with Crippen LogP contribution >= 0.6 is 0 Å². The molecule has 2 N–H and O–H groups in total. The fourth-order valence-corrected chi connectivity index (χ4v) is 3.16. The number of carbonyl (C=O) groups is 1. The molecule has 0 aliphatic heterocycles. The Morgan fingerprint density at radius 1 is 0.962 bits per heavy atom. The lowest BCUT2D eigenvalue weighted by molar-refractivity contribution is 0.0935. The highest BCUT2D eigenvalue weighted by Crippen LogP contribution is 2.25. The van der Waals surface area contributed by atoms with Crippen LogP contribution in [0, 0.1) is 5.41 Å². The van der Waals surface area contributed by atoms with Gasteiger partial charge < -0.3 is 9.73 Å². The Balaban J connectivity index is 1.76. The van der Waals surface area contributed by atoms with Crippen LogP contribution in [0.2, 0.25) is 0 Å². The maximum Gasteiger partial charge on any atom is 0.257 e. The van der Waals surface area contributed by atoms with Crippen molar-refractivity contribution in [3.63, 3.8) is 0 Å². The van der Waals surface area contributed by atoms with Crippen LogP contribution in [-0.2, 0) is 0 Å². The van der Waals surface area contributed by atoms with Crippen molar-refractivity contribution < 1.29 is 9.21 Å². The standard InChI is InChI=1S/C22H18N2O2/c1-14(15-7-3-2-4-8-15)24-22(25)19-13-18-17-10-6-5-9-16(17)11-12-20(18)26-21(19)23/h2-14,23H,1H3,(H,24,25). The molecule has 0 aliphatic rings. The van der Waals surface area contributed by atoms with E-state index in [1.807, 2.05) is 73.7 Å². The highest BCUT2D eigenvalue weighted by atomic mass is 16.3. The lowest BCUT2D eigenvalue weighted by atomic mass is 10.0. The summed E-state index contributed by atoms with van der Waals surface area (Å²) in [6.45, 7) is 1.92. The zero-order chi connectivity index (χ0) is 18.1. The first kappa shape index (κ1) is 16.1. The van der Waals surface area contributed by atoms with Crippen LogP contribution in [0.3, 0.4) is 0 Å². The van der Waals surface area contributed by atoms with Gasteiger partial charge in [-0.2, -0.15) is 0 Å². The Hall–Kier alpha value is -3.40. The highest BCUT2D eigenvalue weighted by Gasteiger charge is 2.16. The number of hydrogen-bond acceptors (Lipinski definition) is 3. The van der Waals surface area contributed by atoms with Gasteiger partial charge in [0.05, 0.1) is 6.04 Å². The van der Waals surface area contributed by atoms with Crippen molar-refractivity contribution >= 4 is 27.6 Å². The fourth-order valence-electron chi connectivity index (χ4n) is 3.16. The Morgan fingerprint density at radius 3 is 2.50 bits per heavy atom. The third-order valence-corrected chi connectivity index (χ3v) is 4.57.